The van der Waals surface area contributed by atoms with Crippen LogP contribution in [0.2, 0.25) is 0 Å². The number of ether oxygens (including phenoxy) is 3. The molecule has 5 rings (SSSR count). The van der Waals surface area contributed by atoms with Gasteiger partial charge < -0.3 is 18.6 Å². The van der Waals surface area contributed by atoms with Gasteiger partial charge in [0, 0.05) is 23.8 Å². The number of fused-ring (bicyclic) bond motifs is 2. The summed E-state index contributed by atoms with van der Waals surface area (Å²) in [6, 6.07) is 15.1. The number of pyridine rings is 1. The lowest BCUT2D eigenvalue weighted by Crippen LogP contribution is -2.07. The van der Waals surface area contributed by atoms with Crippen LogP contribution in [-0.2, 0) is 0 Å². The van der Waals surface area contributed by atoms with Gasteiger partial charge >= 0.3 is 5.97 Å². The van der Waals surface area contributed by atoms with Crippen LogP contribution in [0.3, 0.4) is 0 Å². The Morgan fingerprint density at radius 1 is 1.10 bits per heavy atom. The fraction of sp³-hybridized carbons (Fsp3) is 0.0417. The number of nitrogens with zero attached hydrogens (tertiary/aromatic N) is 1. The highest BCUT2D eigenvalue weighted by Crippen LogP contribution is 2.35. The summed E-state index contributed by atoms with van der Waals surface area (Å²) < 4.78 is 22.0. The molecule has 31 heavy (non-hydrogen) atoms. The van der Waals surface area contributed by atoms with E-state index in [1.165, 1.54) is 19.2 Å². The summed E-state index contributed by atoms with van der Waals surface area (Å²) in [5.41, 5.74) is 1.60. The molecule has 4 aromatic rings. The number of rotatable bonds is 4. The quantitative estimate of drug-likeness (QED) is 0.273. The van der Waals surface area contributed by atoms with Crippen LogP contribution in [0.1, 0.15) is 26.5 Å². The number of benzene rings is 2. The van der Waals surface area contributed by atoms with Crippen LogP contribution in [0.4, 0.5) is 0 Å². The summed E-state index contributed by atoms with van der Waals surface area (Å²) in [4.78, 5) is 29.2. The second-order valence-corrected chi connectivity index (χ2v) is 6.76. The zero-order valence-corrected chi connectivity index (χ0v) is 16.3. The molecule has 1 aliphatic heterocycles. The summed E-state index contributed by atoms with van der Waals surface area (Å²) in [5, 5.41) is 0.722. The molecular formula is C24H15NO6. The number of Topliss-reactive ketones (excluding diaryl/α,β-unsaturated/α-hetero) is 1. The van der Waals surface area contributed by atoms with E-state index in [1.807, 2.05) is 12.1 Å². The van der Waals surface area contributed by atoms with Crippen LogP contribution in [-0.4, -0.2) is 23.8 Å². The average Bonchev–Trinajstić information content (AvgIpc) is 3.36. The first-order valence-corrected chi connectivity index (χ1v) is 9.39. The first-order valence-electron chi connectivity index (χ1n) is 9.39. The van der Waals surface area contributed by atoms with E-state index in [-0.39, 0.29) is 23.1 Å². The molecule has 0 atom stereocenters. The Balaban J connectivity index is 1.38. The summed E-state index contributed by atoms with van der Waals surface area (Å²) in [6.45, 7) is 0. The predicted octanol–water partition coefficient (Wildman–Crippen LogP) is 4.67. The summed E-state index contributed by atoms with van der Waals surface area (Å²) >= 11 is 0. The Morgan fingerprint density at radius 3 is 2.81 bits per heavy atom. The molecule has 0 aliphatic carbocycles. The molecule has 3 heterocycles. The smallest absolute Gasteiger partial charge is 0.379 e. The highest BCUT2D eigenvalue weighted by atomic mass is 16.6. The minimum absolute atomic E-state index is 0.0363. The van der Waals surface area contributed by atoms with Crippen molar-refractivity contribution in [3.8, 4) is 17.2 Å². The average molecular weight is 413 g/mol. The van der Waals surface area contributed by atoms with Crippen LogP contribution < -0.4 is 14.2 Å². The van der Waals surface area contributed by atoms with E-state index in [2.05, 4.69) is 4.98 Å². The number of esters is 1. The van der Waals surface area contributed by atoms with Crippen molar-refractivity contribution in [2.45, 2.75) is 0 Å². The van der Waals surface area contributed by atoms with Gasteiger partial charge in [0.15, 0.2) is 17.1 Å². The minimum Gasteiger partial charge on any atom is -0.493 e. The number of allylic oxidation sites excluding steroid dienone is 1. The van der Waals surface area contributed by atoms with Gasteiger partial charge in [-0.15, -0.1) is 0 Å². The summed E-state index contributed by atoms with van der Waals surface area (Å²) in [7, 11) is 1.53. The molecule has 0 saturated heterocycles. The Bertz CT molecular complexity index is 1350. The van der Waals surface area contributed by atoms with Crippen LogP contribution in [0.15, 0.2) is 77.2 Å². The van der Waals surface area contributed by atoms with Crippen molar-refractivity contribution in [2.75, 3.05) is 7.11 Å². The fourth-order valence-corrected chi connectivity index (χ4v) is 3.30. The molecule has 7 nitrogen and oxygen atoms in total. The molecule has 0 bridgehead atoms. The third kappa shape index (κ3) is 3.42. The van der Waals surface area contributed by atoms with Crippen LogP contribution in [0, 0.1) is 0 Å². The minimum atomic E-state index is -0.673. The lowest BCUT2D eigenvalue weighted by Gasteiger charge is -2.04. The third-order valence-corrected chi connectivity index (χ3v) is 4.76. The Kier molecular flexibility index (Phi) is 4.48. The van der Waals surface area contributed by atoms with E-state index in [0.717, 1.165) is 10.9 Å². The van der Waals surface area contributed by atoms with Crippen molar-refractivity contribution < 1.29 is 28.2 Å². The van der Waals surface area contributed by atoms with Gasteiger partial charge in [-0.05, 0) is 42.0 Å². The van der Waals surface area contributed by atoms with Crippen molar-refractivity contribution in [1.82, 2.24) is 4.98 Å². The number of methoxy groups -OCH3 is 1. The zero-order chi connectivity index (χ0) is 21.4. The second-order valence-electron chi connectivity index (χ2n) is 6.76. The number of para-hydroxylation sites is 1. The van der Waals surface area contributed by atoms with Gasteiger partial charge in [0.25, 0.3) is 0 Å². The van der Waals surface area contributed by atoms with Gasteiger partial charge in [-0.2, -0.15) is 0 Å². The number of hydrogen-bond donors (Lipinski definition) is 0. The van der Waals surface area contributed by atoms with Crippen molar-refractivity contribution in [2.24, 2.45) is 0 Å². The Hall–Kier alpha value is -4.39. The Morgan fingerprint density at radius 2 is 2.00 bits per heavy atom. The normalized spacial score (nSPS) is 13.8. The molecule has 0 N–H and O–H groups in total. The maximum atomic E-state index is 12.6. The van der Waals surface area contributed by atoms with E-state index in [9.17, 15) is 9.59 Å². The fourth-order valence-electron chi connectivity index (χ4n) is 3.30. The van der Waals surface area contributed by atoms with Crippen LogP contribution in [0.5, 0.6) is 17.2 Å². The lowest BCUT2D eigenvalue weighted by molar-refractivity contribution is 0.0703. The van der Waals surface area contributed by atoms with Crippen molar-refractivity contribution in [3.63, 3.8) is 0 Å². The first kappa shape index (κ1) is 18.6. The molecule has 2 aromatic carbocycles. The molecule has 1 aliphatic rings. The van der Waals surface area contributed by atoms with Gasteiger partial charge in [-0.25, -0.2) is 4.79 Å². The van der Waals surface area contributed by atoms with Gasteiger partial charge in [0.05, 0.1) is 12.7 Å². The Labute approximate surface area is 176 Å². The van der Waals surface area contributed by atoms with Crippen molar-refractivity contribution in [1.29, 1.82) is 0 Å². The van der Waals surface area contributed by atoms with E-state index >= 15 is 0 Å². The topological polar surface area (TPSA) is 87.9 Å². The van der Waals surface area contributed by atoms with E-state index in [1.54, 1.807) is 48.8 Å². The molecule has 0 unspecified atom stereocenters. The zero-order valence-electron chi connectivity index (χ0n) is 16.3. The molecule has 0 amide bonds. The van der Waals surface area contributed by atoms with E-state index in [4.69, 9.17) is 18.6 Å². The number of carbonyl (C=O) groups is 2. The predicted molar refractivity (Wildman–Crippen MR) is 111 cm³/mol. The number of furan rings is 1. The standard InChI is InChI=1S/C24H15NO6/c1-28-18-6-2-5-15-11-21(31-23(15)18)24(27)29-16-7-8-17-19(12-16)30-20(22(17)26)10-14-4-3-9-25-13-14/h2-13H,1H3/b20-10-. The SMILES string of the molecule is COc1cccc2cc(C(=O)Oc3ccc4c(c3)O/C(=C\c3cccnc3)C4=O)oc12. The first-order chi connectivity index (χ1) is 15.1. The van der Waals surface area contributed by atoms with Crippen molar-refractivity contribution >= 4 is 28.8 Å². The van der Waals surface area contributed by atoms with Gasteiger partial charge in [-0.3, -0.25) is 9.78 Å². The maximum Gasteiger partial charge on any atom is 0.379 e. The molecule has 0 spiro atoms. The van der Waals surface area contributed by atoms with Crippen LogP contribution in [0.25, 0.3) is 17.0 Å². The van der Waals surface area contributed by atoms with E-state index in [0.29, 0.717) is 22.6 Å². The number of hydrogen-bond acceptors (Lipinski definition) is 7. The monoisotopic (exact) mass is 413 g/mol. The molecule has 2 aromatic heterocycles. The summed E-state index contributed by atoms with van der Waals surface area (Å²) in [6.07, 6.45) is 4.89. The number of aromatic nitrogens is 1. The summed E-state index contributed by atoms with van der Waals surface area (Å²) in [5.74, 6) is 0.358. The molecule has 152 valence electrons. The largest absolute Gasteiger partial charge is 0.493 e. The molecular weight excluding hydrogens is 398 g/mol. The second kappa shape index (κ2) is 7.46. The maximum absolute atomic E-state index is 12.6. The molecule has 0 radical (unpaired) electrons. The van der Waals surface area contributed by atoms with Gasteiger partial charge in [0.1, 0.15) is 11.5 Å². The van der Waals surface area contributed by atoms with Gasteiger partial charge in [0.2, 0.25) is 11.5 Å². The van der Waals surface area contributed by atoms with E-state index < -0.39 is 5.97 Å². The molecule has 0 saturated carbocycles. The molecule has 7 heteroatoms. The van der Waals surface area contributed by atoms with Gasteiger partial charge in [-0.1, -0.05) is 18.2 Å². The van der Waals surface area contributed by atoms with Crippen LogP contribution >= 0.6 is 0 Å². The highest BCUT2D eigenvalue weighted by molar-refractivity contribution is 6.14. The lowest BCUT2D eigenvalue weighted by atomic mass is 10.1. The van der Waals surface area contributed by atoms with Crippen molar-refractivity contribution in [3.05, 3.63) is 89.6 Å². The third-order valence-electron chi connectivity index (χ3n) is 4.76. The number of ketones is 1. The molecule has 0 fully saturated rings. The number of carbonyl (C=O) groups excluding carboxylic acids is 2. The highest BCUT2D eigenvalue weighted by Gasteiger charge is 2.28.